The molecule has 0 aliphatic carbocycles. The third-order valence-corrected chi connectivity index (χ3v) is 18.6. The lowest BCUT2D eigenvalue weighted by Crippen LogP contribution is -2.59. The van der Waals surface area contributed by atoms with Crippen molar-refractivity contribution >= 4 is 83.8 Å². The molecule has 0 radical (unpaired) electrons. The van der Waals surface area contributed by atoms with Gasteiger partial charge in [-0.2, -0.15) is 0 Å². The maximum atomic E-state index is 7.56. The average Bonchev–Trinajstić information content (AvgIpc) is 1.23. The van der Waals surface area contributed by atoms with Gasteiger partial charge in [-0.05, 0) is 155 Å². The lowest BCUT2D eigenvalue weighted by atomic mass is 9.34. The molecule has 0 spiro atoms. The van der Waals surface area contributed by atoms with E-state index in [1.807, 2.05) is 0 Å². The van der Waals surface area contributed by atoms with Crippen molar-refractivity contribution in [3.05, 3.63) is 247 Å². The topological polar surface area (TPSA) is 35.2 Å². The van der Waals surface area contributed by atoms with Crippen molar-refractivity contribution in [3.8, 4) is 56.5 Å². The summed E-state index contributed by atoms with van der Waals surface area (Å²) in [5.74, 6) is 2.58. The minimum Gasteiger partial charge on any atom is -0.458 e. The Morgan fingerprint density at radius 1 is 0.345 bits per heavy atom. The van der Waals surface area contributed by atoms with Crippen molar-refractivity contribution in [2.45, 2.75) is 105 Å². The number of ether oxygens (including phenoxy) is 1. The molecular formula is C81H73BN4O. The first kappa shape index (κ1) is 54.3. The lowest BCUT2D eigenvalue weighted by molar-refractivity contribution is 0.487. The summed E-state index contributed by atoms with van der Waals surface area (Å²) in [5, 5.41) is 4.94. The maximum absolute atomic E-state index is 7.56. The van der Waals surface area contributed by atoms with Crippen LogP contribution < -0.4 is 26.0 Å². The van der Waals surface area contributed by atoms with Crippen LogP contribution in [0.15, 0.2) is 224 Å². The fourth-order valence-electron chi connectivity index (χ4n) is 13.8. The molecular weight excluding hydrogens is 1060 g/mol. The number of benzene rings is 10. The second kappa shape index (κ2) is 19.6. The number of pyridine rings is 1. The van der Waals surface area contributed by atoms with Gasteiger partial charge >= 0.3 is 0 Å². The standard InChI is InChI=1S/C81H73BN4O/c1-78(2,3)54-34-40-68-62(44-54)63-45-55(79(4,5)6)35-41-69(63)86(68)76-29-21-27-66(83-76)53-31-39-70-65(42-53)82-64-38-30-52(50-22-15-13-16-23-50)43-74(64)87-75-49-58(48-73(77(75)82)85(70)67-28-20-19-26-59(67)51-24-17-14-18-25-51)84-71-46-56(80(7,8)9)32-36-60(71)61-37-33-57(47-72(61)84)81(10,11)12/h13-49H,1-12H3. The van der Waals surface area contributed by atoms with Gasteiger partial charge in [-0.1, -0.05) is 229 Å². The Labute approximate surface area is 512 Å². The van der Waals surface area contributed by atoms with Crippen LogP contribution in [0.5, 0.6) is 11.5 Å². The van der Waals surface area contributed by atoms with E-state index < -0.39 is 0 Å². The molecule has 0 amide bonds. The highest BCUT2D eigenvalue weighted by atomic mass is 16.5. The molecule has 3 aromatic heterocycles. The van der Waals surface area contributed by atoms with Gasteiger partial charge in [0.1, 0.15) is 17.3 Å². The summed E-state index contributed by atoms with van der Waals surface area (Å²) >= 11 is 0. The normalized spacial score (nSPS) is 13.3. The third-order valence-electron chi connectivity index (χ3n) is 18.6. The molecule has 0 unspecified atom stereocenters. The number of anilines is 3. The molecule has 0 saturated carbocycles. The largest absolute Gasteiger partial charge is 0.458 e. The molecule has 2 aliphatic heterocycles. The smallest absolute Gasteiger partial charge is 0.256 e. The van der Waals surface area contributed by atoms with Gasteiger partial charge in [0.2, 0.25) is 0 Å². The molecule has 15 rings (SSSR count). The van der Waals surface area contributed by atoms with E-state index in [1.165, 1.54) is 60.3 Å². The number of para-hydroxylation sites is 1. The molecule has 0 N–H and O–H groups in total. The van der Waals surface area contributed by atoms with Crippen LogP contribution in [0.2, 0.25) is 0 Å². The van der Waals surface area contributed by atoms with Gasteiger partial charge in [0.25, 0.3) is 6.71 Å². The molecule has 5 nitrogen and oxygen atoms in total. The molecule has 426 valence electrons. The van der Waals surface area contributed by atoms with Crippen LogP contribution in [0.3, 0.4) is 0 Å². The number of hydrogen-bond donors (Lipinski definition) is 0. The van der Waals surface area contributed by atoms with Gasteiger partial charge in [-0.15, -0.1) is 0 Å². The highest BCUT2D eigenvalue weighted by Crippen LogP contribution is 2.48. The first-order valence-electron chi connectivity index (χ1n) is 31.0. The van der Waals surface area contributed by atoms with E-state index in [1.54, 1.807) is 0 Å². The van der Waals surface area contributed by atoms with Crippen LogP contribution in [0.1, 0.15) is 105 Å². The quantitative estimate of drug-likeness (QED) is 0.156. The van der Waals surface area contributed by atoms with Crippen LogP contribution >= 0.6 is 0 Å². The van der Waals surface area contributed by atoms with Crippen LogP contribution in [-0.2, 0) is 21.7 Å². The van der Waals surface area contributed by atoms with E-state index >= 15 is 0 Å². The minimum atomic E-state index is -0.194. The van der Waals surface area contributed by atoms with Crippen molar-refractivity contribution in [1.82, 2.24) is 14.1 Å². The number of hydrogen-bond acceptors (Lipinski definition) is 3. The van der Waals surface area contributed by atoms with Gasteiger partial charge in [0.15, 0.2) is 0 Å². The Morgan fingerprint density at radius 3 is 1.51 bits per heavy atom. The minimum absolute atomic E-state index is 0.00784. The zero-order chi connectivity index (χ0) is 60.1. The first-order chi connectivity index (χ1) is 41.7. The fourth-order valence-corrected chi connectivity index (χ4v) is 13.8. The predicted molar refractivity (Wildman–Crippen MR) is 370 cm³/mol. The number of aromatic nitrogens is 3. The first-order valence-corrected chi connectivity index (χ1v) is 31.0. The van der Waals surface area contributed by atoms with E-state index in [0.29, 0.717) is 0 Å². The number of rotatable bonds is 6. The molecule has 6 heteroatoms. The van der Waals surface area contributed by atoms with E-state index in [4.69, 9.17) is 9.72 Å². The van der Waals surface area contributed by atoms with Gasteiger partial charge in [-0.3, -0.25) is 4.57 Å². The summed E-state index contributed by atoms with van der Waals surface area (Å²) in [6.07, 6.45) is 0. The van der Waals surface area contributed by atoms with E-state index in [0.717, 1.165) is 95.5 Å². The molecule has 0 atom stereocenters. The second-order valence-electron chi connectivity index (χ2n) is 28.5. The van der Waals surface area contributed by atoms with Gasteiger partial charge in [-0.25, -0.2) is 4.98 Å². The predicted octanol–water partition coefficient (Wildman–Crippen LogP) is 19.9. The van der Waals surface area contributed by atoms with Gasteiger partial charge in [0.05, 0.1) is 39.1 Å². The number of nitrogens with zero attached hydrogens (tertiary/aromatic N) is 4. The summed E-state index contributed by atoms with van der Waals surface area (Å²) in [6.45, 7) is 27.5. The van der Waals surface area contributed by atoms with Crippen molar-refractivity contribution < 1.29 is 4.74 Å². The summed E-state index contributed by atoms with van der Waals surface area (Å²) in [6, 6.07) is 83.9. The summed E-state index contributed by atoms with van der Waals surface area (Å²) < 4.78 is 12.4. The van der Waals surface area contributed by atoms with Gasteiger partial charge < -0.3 is 14.2 Å². The van der Waals surface area contributed by atoms with E-state index in [9.17, 15) is 0 Å². The van der Waals surface area contributed by atoms with E-state index in [2.05, 4.69) is 322 Å². The lowest BCUT2D eigenvalue weighted by Gasteiger charge is -2.41. The van der Waals surface area contributed by atoms with Gasteiger partial charge in [0, 0.05) is 44.5 Å². The maximum Gasteiger partial charge on any atom is 0.256 e. The molecule has 0 saturated heterocycles. The summed E-state index contributed by atoms with van der Waals surface area (Å²) in [7, 11) is 0. The zero-order valence-electron chi connectivity index (χ0n) is 52.1. The van der Waals surface area contributed by atoms with Crippen LogP contribution in [0.4, 0.5) is 17.1 Å². The molecule has 2 aliphatic rings. The molecule has 5 heterocycles. The highest BCUT2D eigenvalue weighted by molar-refractivity contribution is 6.99. The Balaban J connectivity index is 0.993. The Hall–Kier alpha value is -9.39. The molecule has 0 fully saturated rings. The van der Waals surface area contributed by atoms with Crippen molar-refractivity contribution in [2.75, 3.05) is 4.90 Å². The average molecular weight is 1130 g/mol. The Kier molecular flexibility index (Phi) is 12.2. The monoisotopic (exact) mass is 1130 g/mol. The van der Waals surface area contributed by atoms with Crippen molar-refractivity contribution in [3.63, 3.8) is 0 Å². The second-order valence-corrected chi connectivity index (χ2v) is 28.5. The van der Waals surface area contributed by atoms with Crippen LogP contribution in [0, 0.1) is 0 Å². The molecule has 10 aromatic carbocycles. The number of fused-ring (bicyclic) bond motifs is 10. The summed E-state index contributed by atoms with van der Waals surface area (Å²) in [4.78, 5) is 8.21. The fraction of sp³-hybridized carbons (Fsp3) is 0.198. The third kappa shape index (κ3) is 9.01. The van der Waals surface area contributed by atoms with E-state index in [-0.39, 0.29) is 28.4 Å². The molecule has 0 bridgehead atoms. The SMILES string of the molecule is CC(C)(C)c1ccc2c(c1)c1cc(C(C)(C)C)ccc1n2-c1cccc(-c2ccc3c(c2)B2c4ccc(-c5ccccc5)cc4Oc4cc(-n5c6cc(C(C)(C)C)ccc6c6ccc(C(C)(C)C)cc65)cc(c42)N3c2ccccc2-c2ccccc2)n1. The summed E-state index contributed by atoms with van der Waals surface area (Å²) in [5.41, 5.74) is 23.9. The molecule has 87 heavy (non-hydrogen) atoms. The Bertz CT molecular complexity index is 4800. The van der Waals surface area contributed by atoms with Crippen molar-refractivity contribution in [2.24, 2.45) is 0 Å². The van der Waals surface area contributed by atoms with Crippen LogP contribution in [-0.4, -0.2) is 20.8 Å². The Morgan fingerprint density at radius 2 is 0.897 bits per heavy atom. The highest BCUT2D eigenvalue weighted by Gasteiger charge is 2.43. The van der Waals surface area contributed by atoms with Crippen molar-refractivity contribution in [1.29, 1.82) is 0 Å². The zero-order valence-corrected chi connectivity index (χ0v) is 52.1. The van der Waals surface area contributed by atoms with Crippen LogP contribution in [0.25, 0.3) is 88.6 Å². The molecule has 13 aromatic rings.